The van der Waals surface area contributed by atoms with Crippen LogP contribution in [0.5, 0.6) is 0 Å². The Hall–Kier alpha value is -2.10. The highest BCUT2D eigenvalue weighted by Crippen LogP contribution is 2.33. The number of amides is 1. The quantitative estimate of drug-likeness (QED) is 0.357. The molecule has 0 N–H and O–H groups in total. The summed E-state index contributed by atoms with van der Waals surface area (Å²) >= 11 is 3.04. The molecule has 4 aromatic rings. The van der Waals surface area contributed by atoms with Crippen molar-refractivity contribution in [2.75, 3.05) is 44.3 Å². The summed E-state index contributed by atoms with van der Waals surface area (Å²) in [7, 11) is 0. The number of thiazole rings is 2. The van der Waals surface area contributed by atoms with Crippen LogP contribution in [0.3, 0.4) is 0 Å². The molecule has 1 aliphatic rings. The molecule has 3 heterocycles. The Morgan fingerprint density at radius 2 is 1.88 bits per heavy atom. The van der Waals surface area contributed by atoms with Crippen LogP contribution in [-0.2, 0) is 4.74 Å². The molecule has 5 rings (SSSR count). The van der Waals surface area contributed by atoms with Crippen molar-refractivity contribution in [3.8, 4) is 0 Å². The van der Waals surface area contributed by atoms with Crippen molar-refractivity contribution in [1.82, 2.24) is 14.9 Å². The Bertz CT molecular complexity index is 1230. The summed E-state index contributed by atoms with van der Waals surface area (Å²) in [5.41, 5.74) is 4.20. The maximum absolute atomic E-state index is 13.6. The van der Waals surface area contributed by atoms with Crippen molar-refractivity contribution in [3.63, 3.8) is 0 Å². The van der Waals surface area contributed by atoms with Crippen LogP contribution in [0, 0.1) is 13.8 Å². The molecule has 2 aromatic heterocycles. The Morgan fingerprint density at radius 3 is 2.67 bits per heavy atom. The van der Waals surface area contributed by atoms with E-state index in [9.17, 15) is 4.79 Å². The zero-order chi connectivity index (χ0) is 22.1. The summed E-state index contributed by atoms with van der Waals surface area (Å²) in [5.74, 6) is -0.0680. The monoisotopic (exact) mass is 502 g/mol. The van der Waals surface area contributed by atoms with Crippen molar-refractivity contribution < 1.29 is 9.53 Å². The van der Waals surface area contributed by atoms with Gasteiger partial charge in [0.25, 0.3) is 5.91 Å². The van der Waals surface area contributed by atoms with Crippen molar-refractivity contribution in [2.45, 2.75) is 20.3 Å². The maximum Gasteiger partial charge on any atom is 0.289 e. The van der Waals surface area contributed by atoms with Crippen molar-refractivity contribution >= 4 is 66.6 Å². The third kappa shape index (κ3) is 5.20. The average molecular weight is 503 g/mol. The molecule has 6 nitrogen and oxygen atoms in total. The highest BCUT2D eigenvalue weighted by molar-refractivity contribution is 7.23. The number of ether oxygens (including phenoxy) is 1. The van der Waals surface area contributed by atoms with E-state index in [4.69, 9.17) is 9.72 Å². The molecule has 2 aromatic carbocycles. The van der Waals surface area contributed by atoms with Gasteiger partial charge in [0.1, 0.15) is 0 Å². The van der Waals surface area contributed by atoms with Crippen LogP contribution >= 0.6 is 35.1 Å². The first kappa shape index (κ1) is 24.0. The molecule has 0 saturated carbocycles. The van der Waals surface area contributed by atoms with Gasteiger partial charge in [-0.3, -0.25) is 14.6 Å². The first-order valence-electron chi connectivity index (χ1n) is 10.9. The molecule has 1 fully saturated rings. The van der Waals surface area contributed by atoms with Crippen LogP contribution in [-0.4, -0.2) is 60.2 Å². The van der Waals surface area contributed by atoms with Gasteiger partial charge in [0, 0.05) is 26.2 Å². The first-order valence-corrected chi connectivity index (χ1v) is 12.6. The summed E-state index contributed by atoms with van der Waals surface area (Å²) in [6.45, 7) is 9.21. The van der Waals surface area contributed by atoms with Gasteiger partial charge in [0.15, 0.2) is 10.1 Å². The number of rotatable bonds is 6. The Labute approximate surface area is 207 Å². The molecule has 1 saturated heterocycles. The van der Waals surface area contributed by atoms with Gasteiger partial charge < -0.3 is 4.74 Å². The average Bonchev–Trinajstić information content (AvgIpc) is 3.41. The van der Waals surface area contributed by atoms with Gasteiger partial charge in [0.05, 0.1) is 33.6 Å². The summed E-state index contributed by atoms with van der Waals surface area (Å²) in [5, 5.41) is 1.27. The largest absolute Gasteiger partial charge is 0.379 e. The molecule has 33 heavy (non-hydrogen) atoms. The van der Waals surface area contributed by atoms with Gasteiger partial charge in [-0.25, -0.2) is 9.97 Å². The predicted molar refractivity (Wildman–Crippen MR) is 140 cm³/mol. The number of para-hydroxylation sites is 1. The molecular formula is C24H27ClN4O2S2. The highest BCUT2D eigenvalue weighted by Gasteiger charge is 2.25. The van der Waals surface area contributed by atoms with Gasteiger partial charge >= 0.3 is 0 Å². The summed E-state index contributed by atoms with van der Waals surface area (Å²) in [4.78, 5) is 27.3. The van der Waals surface area contributed by atoms with E-state index in [0.717, 1.165) is 64.8 Å². The lowest BCUT2D eigenvalue weighted by Crippen LogP contribution is -2.39. The third-order valence-corrected chi connectivity index (χ3v) is 7.98. The van der Waals surface area contributed by atoms with Gasteiger partial charge in [0.2, 0.25) is 0 Å². The van der Waals surface area contributed by atoms with Crippen molar-refractivity contribution in [1.29, 1.82) is 0 Å². The second-order valence-electron chi connectivity index (χ2n) is 8.18. The number of aryl methyl sites for hydroxylation is 2. The molecule has 174 valence electrons. The second kappa shape index (κ2) is 10.4. The summed E-state index contributed by atoms with van der Waals surface area (Å²) < 4.78 is 7.62. The number of nitrogens with zero attached hydrogens (tertiary/aromatic N) is 4. The number of aromatic nitrogens is 2. The molecule has 0 atom stereocenters. The normalized spacial score (nSPS) is 14.5. The predicted octanol–water partition coefficient (Wildman–Crippen LogP) is 5.31. The lowest BCUT2D eigenvalue weighted by Gasteiger charge is -2.27. The Morgan fingerprint density at radius 1 is 1.09 bits per heavy atom. The number of morpholine rings is 1. The van der Waals surface area contributed by atoms with E-state index in [-0.39, 0.29) is 18.3 Å². The topological polar surface area (TPSA) is 58.6 Å². The van der Waals surface area contributed by atoms with E-state index in [1.54, 1.807) is 11.3 Å². The van der Waals surface area contributed by atoms with E-state index in [0.29, 0.717) is 11.6 Å². The van der Waals surface area contributed by atoms with Crippen molar-refractivity contribution in [2.24, 2.45) is 0 Å². The lowest BCUT2D eigenvalue weighted by atomic mass is 10.1. The molecule has 1 amide bonds. The zero-order valence-electron chi connectivity index (χ0n) is 18.7. The first-order chi connectivity index (χ1) is 15.6. The maximum atomic E-state index is 13.6. The number of benzene rings is 2. The van der Waals surface area contributed by atoms with Crippen LogP contribution in [0.1, 0.15) is 27.3 Å². The third-order valence-electron chi connectivity index (χ3n) is 5.72. The van der Waals surface area contributed by atoms with Crippen LogP contribution in [0.2, 0.25) is 0 Å². The minimum absolute atomic E-state index is 0. The molecule has 0 aliphatic carbocycles. The number of hydrogen-bond acceptors (Lipinski definition) is 7. The number of carbonyl (C=O) groups excluding carboxylic acids is 1. The molecule has 9 heteroatoms. The Kier molecular flexibility index (Phi) is 7.61. The number of halogens is 1. The van der Waals surface area contributed by atoms with Gasteiger partial charge in [-0.15, -0.1) is 23.7 Å². The van der Waals surface area contributed by atoms with Gasteiger partial charge in [-0.1, -0.05) is 29.5 Å². The highest BCUT2D eigenvalue weighted by atomic mass is 35.5. The fraction of sp³-hybridized carbons (Fsp3) is 0.375. The van der Waals surface area contributed by atoms with E-state index in [1.165, 1.54) is 22.5 Å². The van der Waals surface area contributed by atoms with E-state index >= 15 is 0 Å². The fourth-order valence-electron chi connectivity index (χ4n) is 4.12. The van der Waals surface area contributed by atoms with Crippen LogP contribution in [0.25, 0.3) is 20.4 Å². The molecule has 0 bridgehead atoms. The van der Waals surface area contributed by atoms with Gasteiger partial charge in [-0.05, 0) is 49.6 Å². The number of carbonyl (C=O) groups is 1. The van der Waals surface area contributed by atoms with E-state index in [1.807, 2.05) is 29.2 Å². The Balaban J connectivity index is 0.00000259. The number of fused-ring (bicyclic) bond motifs is 2. The van der Waals surface area contributed by atoms with Crippen LogP contribution in [0.15, 0.2) is 36.4 Å². The van der Waals surface area contributed by atoms with Crippen molar-refractivity contribution in [3.05, 3.63) is 52.5 Å². The molecule has 0 spiro atoms. The molecule has 0 unspecified atom stereocenters. The standard InChI is InChI=1S/C24H26N4O2S2.ClH/c1-16-14-17(2)21-19(15-16)26-24(32-21)28(9-5-8-27-10-12-30-13-11-27)23(29)22-25-18-6-3-4-7-20(18)31-22;/h3-4,6-7,14-15H,5,8-13H2,1-2H3;1H. The number of anilines is 1. The minimum atomic E-state index is -0.0680. The second-order valence-corrected chi connectivity index (χ2v) is 10.2. The van der Waals surface area contributed by atoms with E-state index in [2.05, 4.69) is 35.9 Å². The SMILES string of the molecule is Cc1cc(C)c2sc(N(CCCN3CCOCC3)C(=O)c3nc4ccccc4s3)nc2c1.Cl. The van der Waals surface area contributed by atoms with Gasteiger partial charge in [-0.2, -0.15) is 0 Å². The van der Waals surface area contributed by atoms with Crippen LogP contribution < -0.4 is 4.90 Å². The zero-order valence-corrected chi connectivity index (χ0v) is 21.2. The minimum Gasteiger partial charge on any atom is -0.379 e. The molecule has 1 aliphatic heterocycles. The number of hydrogen-bond donors (Lipinski definition) is 0. The van der Waals surface area contributed by atoms with E-state index < -0.39 is 0 Å². The fourth-order valence-corrected chi connectivity index (χ4v) is 6.08. The summed E-state index contributed by atoms with van der Waals surface area (Å²) in [6, 6.07) is 12.2. The molecule has 0 radical (unpaired) electrons. The molecular weight excluding hydrogens is 476 g/mol. The summed E-state index contributed by atoms with van der Waals surface area (Å²) in [6.07, 6.45) is 0.880. The lowest BCUT2D eigenvalue weighted by molar-refractivity contribution is 0.0376. The van der Waals surface area contributed by atoms with Crippen LogP contribution in [0.4, 0.5) is 5.13 Å². The smallest absolute Gasteiger partial charge is 0.289 e.